The van der Waals surface area contributed by atoms with Crippen molar-refractivity contribution in [3.8, 4) is 5.75 Å². The van der Waals surface area contributed by atoms with Crippen LogP contribution in [0.3, 0.4) is 0 Å². The first kappa shape index (κ1) is 14.5. The zero-order valence-corrected chi connectivity index (χ0v) is 12.4. The average molecular weight is 291 g/mol. The smallest absolute Gasteiger partial charge is 0.269 e. The summed E-state index contributed by atoms with van der Waals surface area (Å²) in [6.07, 6.45) is 2.15. The summed E-state index contributed by atoms with van der Waals surface area (Å²) in [5.74, 6) is 0.629. The lowest BCUT2D eigenvalue weighted by Gasteiger charge is -2.07. The molecule has 0 aliphatic heterocycles. The number of nitrogens with one attached hydrogen (secondary N) is 1. The van der Waals surface area contributed by atoms with Crippen LogP contribution in [0.15, 0.2) is 24.3 Å². The molecule has 106 valence electrons. The van der Waals surface area contributed by atoms with Crippen LogP contribution in [-0.4, -0.2) is 22.1 Å². The lowest BCUT2D eigenvalue weighted by Crippen LogP contribution is -2.11. The third kappa shape index (κ3) is 3.77. The monoisotopic (exact) mass is 291 g/mol. The van der Waals surface area contributed by atoms with Crippen LogP contribution in [0, 0.1) is 6.92 Å². The van der Waals surface area contributed by atoms with E-state index >= 15 is 0 Å². The highest BCUT2D eigenvalue weighted by Gasteiger charge is 2.13. The van der Waals surface area contributed by atoms with E-state index in [-0.39, 0.29) is 5.91 Å². The van der Waals surface area contributed by atoms with Crippen molar-refractivity contribution in [1.29, 1.82) is 0 Å². The summed E-state index contributed by atoms with van der Waals surface area (Å²) in [4.78, 5) is 12.5. The number of aromatic nitrogens is 2. The quantitative estimate of drug-likeness (QED) is 0.830. The zero-order valence-electron chi connectivity index (χ0n) is 11.5. The second kappa shape index (κ2) is 7.00. The summed E-state index contributed by atoms with van der Waals surface area (Å²) in [5, 5.41) is 6.64. The number of hydrogen-bond acceptors (Lipinski definition) is 5. The van der Waals surface area contributed by atoms with E-state index in [0.29, 0.717) is 17.2 Å². The molecule has 0 aliphatic carbocycles. The largest absolute Gasteiger partial charge is 0.494 e. The number of benzene rings is 1. The van der Waals surface area contributed by atoms with E-state index in [4.69, 9.17) is 4.74 Å². The van der Waals surface area contributed by atoms with Crippen LogP contribution < -0.4 is 10.1 Å². The number of nitrogens with zero attached hydrogens (tertiary/aromatic N) is 2. The molecule has 1 heterocycles. The topological polar surface area (TPSA) is 64.1 Å². The highest BCUT2D eigenvalue weighted by atomic mass is 32.1. The molecule has 0 aliphatic rings. The molecule has 1 N–H and O–H groups in total. The molecule has 0 atom stereocenters. The van der Waals surface area contributed by atoms with Crippen molar-refractivity contribution in [2.75, 3.05) is 11.9 Å². The summed E-state index contributed by atoms with van der Waals surface area (Å²) in [6.45, 7) is 4.61. The molecule has 20 heavy (non-hydrogen) atoms. The molecule has 1 aromatic carbocycles. The molecular formula is C14H17N3O2S. The van der Waals surface area contributed by atoms with Crippen molar-refractivity contribution < 1.29 is 9.53 Å². The normalized spacial score (nSPS) is 10.3. The number of unbranched alkanes of at least 4 members (excludes halogenated alkanes) is 1. The molecule has 2 rings (SSSR count). The number of aryl methyl sites for hydroxylation is 1. The third-order valence-electron chi connectivity index (χ3n) is 2.74. The lowest BCUT2D eigenvalue weighted by molar-refractivity contribution is 0.103. The molecule has 6 heteroatoms. The van der Waals surface area contributed by atoms with E-state index in [1.54, 1.807) is 6.92 Å². The van der Waals surface area contributed by atoms with E-state index in [1.165, 1.54) is 0 Å². The van der Waals surface area contributed by atoms with Crippen LogP contribution in [0.1, 0.15) is 35.1 Å². The molecular weight excluding hydrogens is 274 g/mol. The van der Waals surface area contributed by atoms with Gasteiger partial charge in [0.1, 0.15) is 10.6 Å². The van der Waals surface area contributed by atoms with Gasteiger partial charge in [0.15, 0.2) is 0 Å². The highest BCUT2D eigenvalue weighted by Crippen LogP contribution is 2.18. The second-order valence-corrected chi connectivity index (χ2v) is 5.12. The van der Waals surface area contributed by atoms with Crippen LogP contribution in [0.5, 0.6) is 5.75 Å². The maximum atomic E-state index is 12.0. The minimum atomic E-state index is -0.183. The van der Waals surface area contributed by atoms with Crippen LogP contribution in [0.25, 0.3) is 0 Å². The number of ether oxygens (including phenoxy) is 1. The molecule has 0 bridgehead atoms. The Kier molecular flexibility index (Phi) is 5.06. The standard InChI is InChI=1S/C14H17N3O2S/c1-3-4-9-19-12-7-5-11(6-8-12)15-14(18)13-10(2)16-17-20-13/h5-8H,3-4,9H2,1-2H3,(H,15,18). The molecule has 0 saturated carbocycles. The van der Waals surface area contributed by atoms with Gasteiger partial charge < -0.3 is 10.1 Å². The van der Waals surface area contributed by atoms with E-state index in [1.807, 2.05) is 24.3 Å². The average Bonchev–Trinajstić information content (AvgIpc) is 2.87. The minimum Gasteiger partial charge on any atom is -0.494 e. The Labute approximate surface area is 122 Å². The van der Waals surface area contributed by atoms with Crippen molar-refractivity contribution in [1.82, 2.24) is 9.59 Å². The van der Waals surface area contributed by atoms with E-state index in [9.17, 15) is 4.79 Å². The fourth-order valence-electron chi connectivity index (χ4n) is 1.60. The minimum absolute atomic E-state index is 0.183. The van der Waals surface area contributed by atoms with Gasteiger partial charge in [0.2, 0.25) is 0 Å². The van der Waals surface area contributed by atoms with Crippen molar-refractivity contribution in [2.45, 2.75) is 26.7 Å². The predicted octanol–water partition coefficient (Wildman–Crippen LogP) is 3.28. The molecule has 2 aromatic rings. The fourth-order valence-corrected chi connectivity index (χ4v) is 2.15. The van der Waals surface area contributed by atoms with Gasteiger partial charge in [-0.2, -0.15) is 0 Å². The predicted molar refractivity (Wildman–Crippen MR) is 79.4 cm³/mol. The fraction of sp³-hybridized carbons (Fsp3) is 0.357. The van der Waals surface area contributed by atoms with Crippen LogP contribution in [0.2, 0.25) is 0 Å². The Hall–Kier alpha value is -1.95. The van der Waals surface area contributed by atoms with Gasteiger partial charge in [0.25, 0.3) is 5.91 Å². The van der Waals surface area contributed by atoms with E-state index < -0.39 is 0 Å². The first-order valence-electron chi connectivity index (χ1n) is 6.54. The van der Waals surface area contributed by atoms with Gasteiger partial charge in [0.05, 0.1) is 12.3 Å². The van der Waals surface area contributed by atoms with Gasteiger partial charge in [0, 0.05) is 5.69 Å². The van der Waals surface area contributed by atoms with Crippen molar-refractivity contribution in [3.05, 3.63) is 34.8 Å². The molecule has 0 saturated heterocycles. The lowest BCUT2D eigenvalue weighted by atomic mass is 10.3. The van der Waals surface area contributed by atoms with Crippen LogP contribution in [0.4, 0.5) is 5.69 Å². The maximum absolute atomic E-state index is 12.0. The van der Waals surface area contributed by atoms with Gasteiger partial charge in [-0.05, 0) is 49.1 Å². The maximum Gasteiger partial charge on any atom is 0.269 e. The zero-order chi connectivity index (χ0) is 14.4. The van der Waals surface area contributed by atoms with Gasteiger partial charge >= 0.3 is 0 Å². The molecule has 0 unspecified atom stereocenters. The summed E-state index contributed by atoms with van der Waals surface area (Å²) in [5.41, 5.74) is 1.37. The first-order valence-corrected chi connectivity index (χ1v) is 7.31. The van der Waals surface area contributed by atoms with Crippen LogP contribution in [-0.2, 0) is 0 Å². The van der Waals surface area contributed by atoms with Gasteiger partial charge in [-0.25, -0.2) is 0 Å². The number of anilines is 1. The second-order valence-electron chi connectivity index (χ2n) is 4.37. The summed E-state index contributed by atoms with van der Waals surface area (Å²) in [7, 11) is 0. The Morgan fingerprint density at radius 2 is 2.10 bits per heavy atom. The third-order valence-corrected chi connectivity index (χ3v) is 3.56. The van der Waals surface area contributed by atoms with E-state index in [2.05, 4.69) is 21.8 Å². The van der Waals surface area contributed by atoms with Crippen molar-refractivity contribution in [3.63, 3.8) is 0 Å². The number of rotatable bonds is 6. The number of amides is 1. The Bertz CT molecular complexity index is 566. The Balaban J connectivity index is 1.93. The molecule has 0 fully saturated rings. The molecule has 0 spiro atoms. The van der Waals surface area contributed by atoms with Gasteiger partial charge in [-0.15, -0.1) is 5.10 Å². The Morgan fingerprint density at radius 3 is 2.70 bits per heavy atom. The highest BCUT2D eigenvalue weighted by molar-refractivity contribution is 7.08. The number of carbonyl (C=O) groups is 1. The summed E-state index contributed by atoms with van der Waals surface area (Å²) in [6, 6.07) is 7.35. The van der Waals surface area contributed by atoms with Crippen molar-refractivity contribution >= 4 is 23.1 Å². The summed E-state index contributed by atoms with van der Waals surface area (Å²) >= 11 is 1.10. The van der Waals surface area contributed by atoms with Crippen molar-refractivity contribution in [2.24, 2.45) is 0 Å². The molecule has 1 amide bonds. The number of carbonyl (C=O) groups excluding carboxylic acids is 1. The SMILES string of the molecule is CCCCOc1ccc(NC(=O)c2snnc2C)cc1. The van der Waals surface area contributed by atoms with E-state index in [0.717, 1.165) is 35.8 Å². The molecule has 0 radical (unpaired) electrons. The van der Waals surface area contributed by atoms with Gasteiger partial charge in [-0.1, -0.05) is 17.8 Å². The molecule has 1 aromatic heterocycles. The van der Waals surface area contributed by atoms with Crippen LogP contribution >= 0.6 is 11.5 Å². The first-order chi connectivity index (χ1) is 9.70. The van der Waals surface area contributed by atoms with Gasteiger partial charge in [-0.3, -0.25) is 4.79 Å². The Morgan fingerprint density at radius 1 is 1.35 bits per heavy atom. The molecule has 5 nitrogen and oxygen atoms in total. The number of hydrogen-bond donors (Lipinski definition) is 1. The summed E-state index contributed by atoms with van der Waals surface area (Å²) < 4.78 is 9.32.